The lowest BCUT2D eigenvalue weighted by Crippen LogP contribution is -2.55. The zero-order valence-corrected chi connectivity index (χ0v) is 23.1. The predicted octanol–water partition coefficient (Wildman–Crippen LogP) is 3.97. The van der Waals surface area contributed by atoms with Gasteiger partial charge in [-0.2, -0.15) is 0 Å². The third-order valence-electron chi connectivity index (χ3n) is 6.92. The molecule has 0 radical (unpaired) electrons. The Bertz CT molecular complexity index is 1340. The van der Waals surface area contributed by atoms with E-state index in [0.29, 0.717) is 36.2 Å². The van der Waals surface area contributed by atoms with Gasteiger partial charge in [-0.3, -0.25) is 14.5 Å². The van der Waals surface area contributed by atoms with E-state index in [1.807, 2.05) is 6.07 Å². The normalized spacial score (nSPS) is 19.4. The number of hydrogen-bond donors (Lipinski definition) is 3. The second-order valence-electron chi connectivity index (χ2n) is 11.1. The molecule has 0 saturated carbocycles. The summed E-state index contributed by atoms with van der Waals surface area (Å²) in [6, 6.07) is 5.34. The fourth-order valence-corrected chi connectivity index (χ4v) is 4.90. The van der Waals surface area contributed by atoms with Gasteiger partial charge in [-0.1, -0.05) is 12.1 Å². The molecule has 3 atom stereocenters. The zero-order valence-electron chi connectivity index (χ0n) is 23.1. The van der Waals surface area contributed by atoms with E-state index in [-0.39, 0.29) is 18.2 Å². The quantitative estimate of drug-likeness (QED) is 0.495. The fraction of sp³-hybridized carbons (Fsp3) is 0.448. The van der Waals surface area contributed by atoms with E-state index in [4.69, 9.17) is 10.5 Å². The van der Waals surface area contributed by atoms with E-state index in [9.17, 15) is 23.2 Å². The van der Waals surface area contributed by atoms with E-state index in [2.05, 4.69) is 15.6 Å². The molecule has 214 valence electrons. The van der Waals surface area contributed by atoms with Crippen LogP contribution in [0.2, 0.25) is 0 Å². The van der Waals surface area contributed by atoms with Crippen molar-refractivity contribution < 1.29 is 27.9 Å². The molecular formula is C29H35F2N5O4. The Morgan fingerprint density at radius 2 is 1.95 bits per heavy atom. The van der Waals surface area contributed by atoms with Crippen LogP contribution in [0, 0.1) is 5.82 Å². The van der Waals surface area contributed by atoms with Crippen molar-refractivity contribution in [3.63, 3.8) is 0 Å². The van der Waals surface area contributed by atoms with Crippen molar-refractivity contribution in [1.82, 2.24) is 20.5 Å². The molecule has 0 saturated heterocycles. The number of nitrogens with two attached hydrogens (primary N) is 1. The molecule has 1 aromatic carbocycles. The molecule has 2 aliphatic rings. The molecule has 0 bridgehead atoms. The van der Waals surface area contributed by atoms with Gasteiger partial charge in [0.15, 0.2) is 0 Å². The van der Waals surface area contributed by atoms with E-state index in [1.54, 1.807) is 39.8 Å². The first-order valence-corrected chi connectivity index (χ1v) is 13.3. The largest absolute Gasteiger partial charge is 0.444 e. The maximum Gasteiger partial charge on any atom is 0.411 e. The number of nitrogens with one attached hydrogen (secondary N) is 2. The van der Waals surface area contributed by atoms with Crippen molar-refractivity contribution in [3.05, 3.63) is 64.6 Å². The molecule has 4 rings (SSSR count). The minimum atomic E-state index is -1.10. The first-order valence-electron chi connectivity index (χ1n) is 13.3. The van der Waals surface area contributed by atoms with Gasteiger partial charge < -0.3 is 21.1 Å². The van der Waals surface area contributed by atoms with Gasteiger partial charge in [-0.05, 0) is 87.9 Å². The number of nitrogen functional groups attached to an aromatic ring is 1. The number of amides is 3. The van der Waals surface area contributed by atoms with Gasteiger partial charge in [0.2, 0.25) is 11.8 Å². The Hall–Kier alpha value is -4.02. The minimum absolute atomic E-state index is 0.0920. The number of halogens is 2. The van der Waals surface area contributed by atoms with Crippen LogP contribution >= 0.6 is 0 Å². The molecule has 4 N–H and O–H groups in total. The Morgan fingerprint density at radius 1 is 1.20 bits per heavy atom. The highest BCUT2D eigenvalue weighted by Crippen LogP contribution is 2.31. The number of ether oxygens (including phenoxy) is 1. The van der Waals surface area contributed by atoms with Gasteiger partial charge in [0, 0.05) is 17.8 Å². The molecule has 1 aliphatic carbocycles. The van der Waals surface area contributed by atoms with Crippen LogP contribution in [0.25, 0.3) is 5.57 Å². The molecule has 0 fully saturated rings. The number of carbonyl (C=O) groups is 3. The number of anilines is 1. The first-order chi connectivity index (χ1) is 18.9. The van der Waals surface area contributed by atoms with Crippen molar-refractivity contribution in [2.24, 2.45) is 0 Å². The molecule has 9 nitrogen and oxygen atoms in total. The highest BCUT2D eigenvalue weighted by atomic mass is 19.1. The molecule has 1 unspecified atom stereocenters. The third-order valence-corrected chi connectivity index (χ3v) is 6.92. The topological polar surface area (TPSA) is 127 Å². The van der Waals surface area contributed by atoms with Gasteiger partial charge in [-0.15, -0.1) is 0 Å². The lowest BCUT2D eigenvalue weighted by Gasteiger charge is -2.35. The molecule has 1 aliphatic heterocycles. The number of fused-ring (bicyclic) bond motifs is 1. The Labute approximate surface area is 232 Å². The van der Waals surface area contributed by atoms with Crippen molar-refractivity contribution >= 4 is 29.3 Å². The fourth-order valence-electron chi connectivity index (χ4n) is 4.90. The van der Waals surface area contributed by atoms with E-state index in [0.717, 1.165) is 11.3 Å². The summed E-state index contributed by atoms with van der Waals surface area (Å²) in [5.41, 5.74) is 7.82. The first kappa shape index (κ1) is 29.0. The summed E-state index contributed by atoms with van der Waals surface area (Å²) in [5.74, 6) is -1.21. The molecule has 40 heavy (non-hydrogen) atoms. The molecule has 1 aromatic heterocycles. The number of rotatable bonds is 6. The second kappa shape index (κ2) is 11.6. The molecule has 11 heteroatoms. The standard InChI is InChI=1S/C29H35F2N5O4/c1-16(26(37)35-23-9-8-22-20(23)6-10-25(32)34-22)33-27(38)24-14-18(17-5-7-21(31)19(13-17)15-30)11-12-36(24)28(39)40-29(2,3)4/h5-7,10,13-14,16,23-24H,8-9,11-12,15H2,1-4H3,(H2,32,34)(H,33,38)(H,35,37)/t16-,23+,24?/m0/s1. The van der Waals surface area contributed by atoms with Gasteiger partial charge in [0.05, 0.1) is 6.04 Å². The van der Waals surface area contributed by atoms with Crippen molar-refractivity contribution in [2.75, 3.05) is 12.3 Å². The Morgan fingerprint density at radius 3 is 2.65 bits per heavy atom. The zero-order chi connectivity index (χ0) is 29.2. The highest BCUT2D eigenvalue weighted by Gasteiger charge is 2.36. The van der Waals surface area contributed by atoms with Crippen LogP contribution in [0.15, 0.2) is 36.4 Å². The third kappa shape index (κ3) is 6.57. The van der Waals surface area contributed by atoms with Crippen LogP contribution in [0.3, 0.4) is 0 Å². The van der Waals surface area contributed by atoms with Crippen LogP contribution < -0.4 is 16.4 Å². The predicted molar refractivity (Wildman–Crippen MR) is 146 cm³/mol. The lowest BCUT2D eigenvalue weighted by molar-refractivity contribution is -0.131. The average Bonchev–Trinajstić information content (AvgIpc) is 3.28. The van der Waals surface area contributed by atoms with Crippen LogP contribution in [-0.4, -0.2) is 52.0 Å². The van der Waals surface area contributed by atoms with Crippen LogP contribution in [0.1, 0.15) is 69.0 Å². The summed E-state index contributed by atoms with van der Waals surface area (Å²) in [7, 11) is 0. The monoisotopic (exact) mass is 555 g/mol. The maximum absolute atomic E-state index is 13.9. The van der Waals surface area contributed by atoms with Crippen molar-refractivity contribution in [1.29, 1.82) is 0 Å². The van der Waals surface area contributed by atoms with Crippen LogP contribution in [-0.2, 0) is 27.4 Å². The summed E-state index contributed by atoms with van der Waals surface area (Å²) < 4.78 is 32.7. The second-order valence-corrected chi connectivity index (χ2v) is 11.1. The molecule has 2 heterocycles. The summed E-state index contributed by atoms with van der Waals surface area (Å²) >= 11 is 0. The van der Waals surface area contributed by atoms with E-state index in [1.165, 1.54) is 23.1 Å². The summed E-state index contributed by atoms with van der Waals surface area (Å²) in [6.45, 7) is 5.89. The summed E-state index contributed by atoms with van der Waals surface area (Å²) in [6.07, 6.45) is 2.58. The van der Waals surface area contributed by atoms with Crippen molar-refractivity contribution in [3.8, 4) is 0 Å². The number of carbonyl (C=O) groups excluding carboxylic acids is 3. The number of alkyl halides is 1. The Balaban J connectivity index is 1.52. The van der Waals surface area contributed by atoms with Crippen LogP contribution in [0.5, 0.6) is 0 Å². The van der Waals surface area contributed by atoms with Gasteiger partial charge in [-0.25, -0.2) is 18.6 Å². The van der Waals surface area contributed by atoms with Gasteiger partial charge in [0.1, 0.15) is 36.0 Å². The number of pyridine rings is 1. The molecule has 3 amide bonds. The van der Waals surface area contributed by atoms with Gasteiger partial charge in [0.25, 0.3) is 0 Å². The number of benzene rings is 1. The van der Waals surface area contributed by atoms with E-state index >= 15 is 0 Å². The minimum Gasteiger partial charge on any atom is -0.444 e. The SMILES string of the molecule is C[C@H](NC(=O)C1C=C(c2ccc(F)c(CF)c2)CCN1C(=O)OC(C)(C)C)C(=O)N[C@@H]1CCc2nc(N)ccc21. The smallest absolute Gasteiger partial charge is 0.411 e. The summed E-state index contributed by atoms with van der Waals surface area (Å²) in [4.78, 5) is 45.1. The van der Waals surface area contributed by atoms with Gasteiger partial charge >= 0.3 is 6.09 Å². The highest BCUT2D eigenvalue weighted by molar-refractivity contribution is 5.94. The molecule has 2 aromatic rings. The lowest BCUT2D eigenvalue weighted by atomic mass is 9.94. The number of nitrogens with zero attached hydrogens (tertiary/aromatic N) is 2. The van der Waals surface area contributed by atoms with E-state index < -0.39 is 48.1 Å². The Kier molecular flexibility index (Phi) is 8.41. The number of hydrogen-bond acceptors (Lipinski definition) is 6. The van der Waals surface area contributed by atoms with Crippen molar-refractivity contribution in [2.45, 2.75) is 77.4 Å². The number of aromatic nitrogens is 1. The summed E-state index contributed by atoms with van der Waals surface area (Å²) in [5, 5.41) is 5.66. The van der Waals surface area contributed by atoms with Crippen LogP contribution in [0.4, 0.5) is 19.4 Å². The molecule has 0 spiro atoms. The maximum atomic E-state index is 13.9. The molecular weight excluding hydrogens is 520 g/mol. The average molecular weight is 556 g/mol. The number of aryl methyl sites for hydroxylation is 1.